The number of hydrogen-bond acceptors (Lipinski definition) is 5. The van der Waals surface area contributed by atoms with Crippen molar-refractivity contribution in [3.8, 4) is 0 Å². The number of carbonyl (C=O) groups excluding carboxylic acids is 3. The first-order valence-corrected chi connectivity index (χ1v) is 8.54. The van der Waals surface area contributed by atoms with Crippen LogP contribution < -0.4 is 5.32 Å². The highest BCUT2D eigenvalue weighted by atomic mass is 32.2. The molecule has 2 amide bonds. The molecule has 1 heterocycles. The second kappa shape index (κ2) is 8.41. The lowest BCUT2D eigenvalue weighted by molar-refractivity contribution is -0.127. The maximum Gasteiger partial charge on any atom is 0.407 e. The van der Waals surface area contributed by atoms with E-state index in [9.17, 15) is 14.4 Å². The van der Waals surface area contributed by atoms with Crippen molar-refractivity contribution in [2.45, 2.75) is 46.1 Å². The van der Waals surface area contributed by atoms with Gasteiger partial charge in [0.05, 0.1) is 0 Å². The number of thioether (sulfide) groups is 1. The van der Waals surface area contributed by atoms with Gasteiger partial charge in [-0.15, -0.1) is 0 Å². The first kappa shape index (κ1) is 18.8. The minimum absolute atomic E-state index is 0.0902. The molecule has 0 aromatic rings. The predicted octanol–water partition coefficient (Wildman–Crippen LogP) is 2.03. The summed E-state index contributed by atoms with van der Waals surface area (Å²) in [7, 11) is 0. The van der Waals surface area contributed by atoms with Crippen molar-refractivity contribution in [2.24, 2.45) is 5.92 Å². The standard InChI is InChI=1S/C15H26N2O4S/c1-11(18)22-10-12-8-13(19)17(9-12)7-5-6-16-14(20)21-15(2,3)4/h12H,5-10H2,1-4H3,(H,16,20). The van der Waals surface area contributed by atoms with Crippen LogP contribution in [0.15, 0.2) is 0 Å². The molecule has 0 radical (unpaired) electrons. The number of alkyl carbamates (subject to hydrolysis) is 1. The number of amides is 2. The van der Waals surface area contributed by atoms with E-state index in [1.165, 1.54) is 11.8 Å². The third kappa shape index (κ3) is 7.68. The Morgan fingerprint density at radius 2 is 2.09 bits per heavy atom. The van der Waals surface area contributed by atoms with E-state index in [2.05, 4.69) is 5.32 Å². The molecular weight excluding hydrogens is 304 g/mol. The van der Waals surface area contributed by atoms with Gasteiger partial charge in [0.15, 0.2) is 5.12 Å². The molecule has 1 fully saturated rings. The summed E-state index contributed by atoms with van der Waals surface area (Å²) in [5.74, 6) is 1.08. The lowest BCUT2D eigenvalue weighted by Gasteiger charge is -2.20. The minimum Gasteiger partial charge on any atom is -0.444 e. The monoisotopic (exact) mass is 330 g/mol. The number of hydrogen-bond donors (Lipinski definition) is 1. The Morgan fingerprint density at radius 1 is 1.41 bits per heavy atom. The van der Waals surface area contributed by atoms with Gasteiger partial charge in [-0.25, -0.2) is 4.79 Å². The third-order valence-electron chi connectivity index (χ3n) is 3.09. The molecule has 0 aromatic heterocycles. The number of likely N-dealkylation sites (tertiary alicyclic amines) is 1. The molecule has 0 saturated carbocycles. The van der Waals surface area contributed by atoms with Crippen LogP contribution in [-0.2, 0) is 14.3 Å². The molecule has 1 unspecified atom stereocenters. The summed E-state index contributed by atoms with van der Waals surface area (Å²) >= 11 is 1.28. The van der Waals surface area contributed by atoms with E-state index in [0.29, 0.717) is 38.2 Å². The average molecular weight is 330 g/mol. The highest BCUT2D eigenvalue weighted by molar-refractivity contribution is 8.13. The van der Waals surface area contributed by atoms with Crippen LogP contribution in [0.25, 0.3) is 0 Å². The van der Waals surface area contributed by atoms with Crippen LogP contribution in [0, 0.1) is 5.92 Å². The molecule has 22 heavy (non-hydrogen) atoms. The molecule has 0 spiro atoms. The number of carbonyl (C=O) groups is 3. The highest BCUT2D eigenvalue weighted by Gasteiger charge is 2.29. The van der Waals surface area contributed by atoms with Crippen LogP contribution in [0.2, 0.25) is 0 Å². The summed E-state index contributed by atoms with van der Waals surface area (Å²) < 4.78 is 5.14. The summed E-state index contributed by atoms with van der Waals surface area (Å²) in [6.07, 6.45) is 0.771. The van der Waals surface area contributed by atoms with Gasteiger partial charge in [-0.3, -0.25) is 9.59 Å². The largest absolute Gasteiger partial charge is 0.444 e. The van der Waals surface area contributed by atoms with E-state index in [4.69, 9.17) is 4.74 Å². The summed E-state index contributed by atoms with van der Waals surface area (Å²) in [5.41, 5.74) is -0.503. The van der Waals surface area contributed by atoms with Gasteiger partial charge in [-0.1, -0.05) is 11.8 Å². The maximum absolute atomic E-state index is 11.9. The normalized spacial score (nSPS) is 18.5. The second-order valence-corrected chi connectivity index (χ2v) is 7.69. The topological polar surface area (TPSA) is 75.7 Å². The SMILES string of the molecule is CC(=O)SCC1CC(=O)N(CCCNC(=O)OC(C)(C)C)C1. The van der Waals surface area contributed by atoms with Crippen molar-refractivity contribution in [3.05, 3.63) is 0 Å². The molecule has 7 heteroatoms. The number of nitrogens with one attached hydrogen (secondary N) is 1. The fourth-order valence-corrected chi connectivity index (χ4v) is 2.89. The average Bonchev–Trinajstić information content (AvgIpc) is 2.71. The molecule has 6 nitrogen and oxygen atoms in total. The van der Waals surface area contributed by atoms with Gasteiger partial charge in [0.2, 0.25) is 5.91 Å². The molecule has 1 N–H and O–H groups in total. The van der Waals surface area contributed by atoms with E-state index in [-0.39, 0.29) is 16.9 Å². The Morgan fingerprint density at radius 3 is 2.68 bits per heavy atom. The lowest BCUT2D eigenvalue weighted by atomic mass is 10.1. The molecular formula is C15H26N2O4S. The van der Waals surface area contributed by atoms with Crippen LogP contribution >= 0.6 is 11.8 Å². The molecule has 0 bridgehead atoms. The van der Waals surface area contributed by atoms with Crippen LogP contribution in [0.4, 0.5) is 4.79 Å². The van der Waals surface area contributed by atoms with Crippen LogP contribution in [0.1, 0.15) is 40.5 Å². The summed E-state index contributed by atoms with van der Waals surface area (Å²) in [5, 5.41) is 2.77. The lowest BCUT2D eigenvalue weighted by Crippen LogP contribution is -2.35. The van der Waals surface area contributed by atoms with Crippen LogP contribution in [-0.4, -0.2) is 53.0 Å². The van der Waals surface area contributed by atoms with E-state index < -0.39 is 11.7 Å². The molecule has 1 rings (SSSR count). The van der Waals surface area contributed by atoms with Crippen molar-refractivity contribution in [1.82, 2.24) is 10.2 Å². The Bertz CT molecular complexity index is 420. The number of ether oxygens (including phenoxy) is 1. The minimum atomic E-state index is -0.503. The zero-order valence-electron chi connectivity index (χ0n) is 13.8. The van der Waals surface area contributed by atoms with Crippen molar-refractivity contribution in [1.29, 1.82) is 0 Å². The van der Waals surface area contributed by atoms with E-state index >= 15 is 0 Å². The van der Waals surface area contributed by atoms with Gasteiger partial charge >= 0.3 is 6.09 Å². The Kier molecular flexibility index (Phi) is 7.19. The van der Waals surface area contributed by atoms with Crippen LogP contribution in [0.3, 0.4) is 0 Å². The Labute approximate surface area is 136 Å². The second-order valence-electron chi connectivity index (χ2n) is 6.49. The van der Waals surface area contributed by atoms with Crippen molar-refractivity contribution < 1.29 is 19.1 Å². The molecule has 126 valence electrons. The number of rotatable bonds is 6. The van der Waals surface area contributed by atoms with E-state index in [1.54, 1.807) is 6.92 Å². The van der Waals surface area contributed by atoms with Crippen molar-refractivity contribution >= 4 is 28.9 Å². The predicted molar refractivity (Wildman–Crippen MR) is 86.7 cm³/mol. The quantitative estimate of drug-likeness (QED) is 0.754. The summed E-state index contributed by atoms with van der Waals surface area (Å²) in [6, 6.07) is 0. The molecule has 1 saturated heterocycles. The zero-order valence-corrected chi connectivity index (χ0v) is 14.6. The van der Waals surface area contributed by atoms with E-state index in [0.717, 1.165) is 0 Å². The highest BCUT2D eigenvalue weighted by Crippen LogP contribution is 2.22. The third-order valence-corrected chi connectivity index (χ3v) is 4.13. The molecule has 1 aliphatic rings. The van der Waals surface area contributed by atoms with Crippen molar-refractivity contribution in [2.75, 3.05) is 25.4 Å². The molecule has 1 aliphatic heterocycles. The van der Waals surface area contributed by atoms with Gasteiger partial charge in [0.25, 0.3) is 0 Å². The fraction of sp³-hybridized carbons (Fsp3) is 0.800. The number of nitrogens with zero attached hydrogens (tertiary/aromatic N) is 1. The molecule has 0 aliphatic carbocycles. The van der Waals surface area contributed by atoms with Gasteiger partial charge in [0.1, 0.15) is 5.60 Å². The fourth-order valence-electron chi connectivity index (χ4n) is 2.19. The van der Waals surface area contributed by atoms with Crippen molar-refractivity contribution in [3.63, 3.8) is 0 Å². The summed E-state index contributed by atoms with van der Waals surface area (Å²) in [4.78, 5) is 36.1. The summed E-state index contributed by atoms with van der Waals surface area (Å²) in [6.45, 7) is 8.78. The smallest absolute Gasteiger partial charge is 0.407 e. The van der Waals surface area contributed by atoms with Gasteiger partial charge < -0.3 is 15.0 Å². The van der Waals surface area contributed by atoms with Gasteiger partial charge in [-0.2, -0.15) is 0 Å². The Balaban J connectivity index is 2.18. The van der Waals surface area contributed by atoms with Gasteiger partial charge in [0, 0.05) is 38.7 Å². The van der Waals surface area contributed by atoms with E-state index in [1.807, 2.05) is 25.7 Å². The molecule has 1 atom stereocenters. The zero-order chi connectivity index (χ0) is 16.8. The Hall–Kier alpha value is -1.24. The first-order chi connectivity index (χ1) is 10.2. The van der Waals surface area contributed by atoms with Gasteiger partial charge in [-0.05, 0) is 33.1 Å². The van der Waals surface area contributed by atoms with Crippen LogP contribution in [0.5, 0.6) is 0 Å². The molecule has 0 aromatic carbocycles. The first-order valence-electron chi connectivity index (χ1n) is 7.55. The maximum atomic E-state index is 11.9.